The van der Waals surface area contributed by atoms with Crippen molar-refractivity contribution in [2.75, 3.05) is 7.11 Å². The molecule has 0 fully saturated rings. The molecule has 0 bridgehead atoms. The lowest BCUT2D eigenvalue weighted by atomic mass is 9.84. The van der Waals surface area contributed by atoms with Crippen molar-refractivity contribution in [2.45, 2.75) is 20.3 Å². The first-order chi connectivity index (χ1) is 9.03. The van der Waals surface area contributed by atoms with Crippen molar-refractivity contribution >= 4 is 5.91 Å². The van der Waals surface area contributed by atoms with Crippen LogP contribution < -0.4 is 4.74 Å². The molecule has 0 spiro atoms. The van der Waals surface area contributed by atoms with E-state index in [2.05, 4.69) is 4.98 Å². The summed E-state index contributed by atoms with van der Waals surface area (Å²) in [5, 5.41) is 0. The molecule has 0 saturated carbocycles. The van der Waals surface area contributed by atoms with Crippen LogP contribution in [0.3, 0.4) is 0 Å². The number of carbonyl (C=O) groups excluding carboxylic acids is 1. The van der Waals surface area contributed by atoms with E-state index >= 15 is 0 Å². The van der Waals surface area contributed by atoms with Gasteiger partial charge in [0, 0.05) is 17.8 Å². The van der Waals surface area contributed by atoms with Crippen molar-refractivity contribution in [3.8, 4) is 5.75 Å². The van der Waals surface area contributed by atoms with E-state index in [-0.39, 0.29) is 5.91 Å². The van der Waals surface area contributed by atoms with Gasteiger partial charge in [0.25, 0.3) is 0 Å². The maximum Gasteiger partial charge on any atom is 0.237 e. The number of aromatic nitrogens is 2. The Morgan fingerprint density at radius 3 is 2.53 bits per heavy atom. The maximum atomic E-state index is 12.4. The summed E-state index contributed by atoms with van der Waals surface area (Å²) < 4.78 is 6.66. The molecule has 19 heavy (non-hydrogen) atoms. The second-order valence-corrected chi connectivity index (χ2v) is 5.18. The average molecular weight is 258 g/mol. The summed E-state index contributed by atoms with van der Waals surface area (Å²) in [6, 6.07) is 7.80. The highest BCUT2D eigenvalue weighted by Gasteiger charge is 2.29. The molecule has 1 heterocycles. The van der Waals surface area contributed by atoms with Gasteiger partial charge in [-0.05, 0) is 24.1 Å². The third-order valence-corrected chi connectivity index (χ3v) is 3.12. The van der Waals surface area contributed by atoms with E-state index < -0.39 is 5.41 Å². The molecule has 0 atom stereocenters. The molecule has 4 heteroatoms. The van der Waals surface area contributed by atoms with Crippen molar-refractivity contribution in [3.05, 3.63) is 48.5 Å². The topological polar surface area (TPSA) is 44.1 Å². The minimum Gasteiger partial charge on any atom is -0.497 e. The van der Waals surface area contributed by atoms with Gasteiger partial charge < -0.3 is 4.74 Å². The molecule has 0 radical (unpaired) electrons. The summed E-state index contributed by atoms with van der Waals surface area (Å²) in [7, 11) is 1.64. The first-order valence-electron chi connectivity index (χ1n) is 6.18. The van der Waals surface area contributed by atoms with E-state index in [0.29, 0.717) is 6.42 Å². The Kier molecular flexibility index (Phi) is 3.69. The van der Waals surface area contributed by atoms with Crippen LogP contribution in [0.2, 0.25) is 0 Å². The zero-order valence-corrected chi connectivity index (χ0v) is 11.5. The van der Waals surface area contributed by atoms with E-state index in [1.807, 2.05) is 38.1 Å². The fraction of sp³-hybridized carbons (Fsp3) is 0.333. The summed E-state index contributed by atoms with van der Waals surface area (Å²) in [5.41, 5.74) is 0.634. The Morgan fingerprint density at radius 1 is 1.32 bits per heavy atom. The average Bonchev–Trinajstić information content (AvgIpc) is 2.92. The summed E-state index contributed by atoms with van der Waals surface area (Å²) >= 11 is 0. The number of imidazole rings is 1. The van der Waals surface area contributed by atoms with Crippen molar-refractivity contribution in [1.29, 1.82) is 0 Å². The third kappa shape index (κ3) is 3.02. The normalized spacial score (nSPS) is 11.3. The predicted molar refractivity (Wildman–Crippen MR) is 73.3 cm³/mol. The number of hydrogen-bond donors (Lipinski definition) is 0. The van der Waals surface area contributed by atoms with Gasteiger partial charge in [0.15, 0.2) is 0 Å². The van der Waals surface area contributed by atoms with Crippen LogP contribution >= 0.6 is 0 Å². The minimum absolute atomic E-state index is 0.0424. The first-order valence-corrected chi connectivity index (χ1v) is 6.18. The van der Waals surface area contributed by atoms with Crippen molar-refractivity contribution in [1.82, 2.24) is 9.55 Å². The van der Waals surface area contributed by atoms with Gasteiger partial charge >= 0.3 is 0 Å². The second-order valence-electron chi connectivity index (χ2n) is 5.18. The summed E-state index contributed by atoms with van der Waals surface area (Å²) in [5.74, 6) is 0.864. The van der Waals surface area contributed by atoms with E-state index in [1.54, 1.807) is 19.5 Å². The molecule has 4 nitrogen and oxygen atoms in total. The number of benzene rings is 1. The Bertz CT molecular complexity index is 542. The summed E-state index contributed by atoms with van der Waals surface area (Å²) in [6.45, 7) is 3.89. The predicted octanol–water partition coefficient (Wildman–Crippen LogP) is 2.80. The summed E-state index contributed by atoms with van der Waals surface area (Å²) in [4.78, 5) is 16.3. The van der Waals surface area contributed by atoms with Gasteiger partial charge in [-0.25, -0.2) is 4.98 Å². The standard InChI is InChI=1S/C15H18N2O2/c1-15(2,14(18)17-9-8-16-11-17)10-12-4-6-13(19-3)7-5-12/h4-9,11H,10H2,1-3H3. The number of rotatable bonds is 4. The molecule has 0 amide bonds. The highest BCUT2D eigenvalue weighted by molar-refractivity contribution is 5.84. The molecular weight excluding hydrogens is 240 g/mol. The molecule has 1 aromatic heterocycles. The van der Waals surface area contributed by atoms with Crippen LogP contribution in [-0.2, 0) is 6.42 Å². The largest absolute Gasteiger partial charge is 0.497 e. The first kappa shape index (κ1) is 13.3. The number of nitrogens with zero attached hydrogens (tertiary/aromatic N) is 2. The number of hydrogen-bond acceptors (Lipinski definition) is 3. The minimum atomic E-state index is -0.477. The molecule has 1 aromatic carbocycles. The molecule has 0 aliphatic carbocycles. The van der Waals surface area contributed by atoms with Gasteiger partial charge in [-0.2, -0.15) is 0 Å². The zero-order chi connectivity index (χ0) is 13.9. The fourth-order valence-electron chi connectivity index (χ4n) is 2.06. The van der Waals surface area contributed by atoms with Crippen LogP contribution in [-0.4, -0.2) is 22.6 Å². The quantitative estimate of drug-likeness (QED) is 0.847. The molecule has 100 valence electrons. The van der Waals surface area contributed by atoms with Gasteiger partial charge in [0.2, 0.25) is 5.91 Å². The van der Waals surface area contributed by atoms with Crippen LogP contribution in [0.5, 0.6) is 5.75 Å². The van der Waals surface area contributed by atoms with Gasteiger partial charge in [0.1, 0.15) is 12.1 Å². The van der Waals surface area contributed by atoms with Gasteiger partial charge in [0.05, 0.1) is 7.11 Å². The van der Waals surface area contributed by atoms with Crippen LogP contribution in [0.1, 0.15) is 24.2 Å². The molecule has 0 N–H and O–H groups in total. The monoisotopic (exact) mass is 258 g/mol. The van der Waals surface area contributed by atoms with Gasteiger partial charge in [-0.3, -0.25) is 9.36 Å². The maximum absolute atomic E-state index is 12.4. The van der Waals surface area contributed by atoms with E-state index in [4.69, 9.17) is 4.74 Å². The SMILES string of the molecule is COc1ccc(CC(C)(C)C(=O)n2ccnc2)cc1. The lowest BCUT2D eigenvalue weighted by molar-refractivity contribution is 0.0744. The molecular formula is C15H18N2O2. The zero-order valence-electron chi connectivity index (χ0n) is 11.5. The van der Waals surface area contributed by atoms with E-state index in [0.717, 1.165) is 11.3 Å². The Balaban J connectivity index is 2.13. The number of carbonyl (C=O) groups is 1. The highest BCUT2D eigenvalue weighted by atomic mass is 16.5. The lowest BCUT2D eigenvalue weighted by Gasteiger charge is -2.23. The van der Waals surface area contributed by atoms with E-state index in [9.17, 15) is 4.79 Å². The molecule has 0 aliphatic rings. The number of ether oxygens (including phenoxy) is 1. The van der Waals surface area contributed by atoms with Crippen molar-refractivity contribution in [2.24, 2.45) is 5.41 Å². The van der Waals surface area contributed by atoms with Crippen LogP contribution in [0.25, 0.3) is 0 Å². The summed E-state index contributed by atoms with van der Waals surface area (Å²) in [6.07, 6.45) is 5.51. The second kappa shape index (κ2) is 5.26. The Morgan fingerprint density at radius 2 is 2.00 bits per heavy atom. The highest BCUT2D eigenvalue weighted by Crippen LogP contribution is 2.25. The van der Waals surface area contributed by atoms with Crippen molar-refractivity contribution in [3.63, 3.8) is 0 Å². The van der Waals surface area contributed by atoms with Crippen LogP contribution in [0.4, 0.5) is 0 Å². The Hall–Kier alpha value is -2.10. The van der Waals surface area contributed by atoms with Crippen LogP contribution in [0, 0.1) is 5.41 Å². The fourth-order valence-corrected chi connectivity index (χ4v) is 2.06. The van der Waals surface area contributed by atoms with Crippen molar-refractivity contribution < 1.29 is 9.53 Å². The molecule has 0 aliphatic heterocycles. The molecule has 0 unspecified atom stereocenters. The van der Waals surface area contributed by atoms with Gasteiger partial charge in [-0.1, -0.05) is 26.0 Å². The third-order valence-electron chi connectivity index (χ3n) is 3.12. The molecule has 2 rings (SSSR count). The molecule has 0 saturated heterocycles. The Labute approximate surface area is 113 Å². The van der Waals surface area contributed by atoms with Gasteiger partial charge in [-0.15, -0.1) is 0 Å². The van der Waals surface area contributed by atoms with Crippen LogP contribution in [0.15, 0.2) is 43.0 Å². The smallest absolute Gasteiger partial charge is 0.237 e. The molecule has 2 aromatic rings. The number of methoxy groups -OCH3 is 1. The van der Waals surface area contributed by atoms with E-state index in [1.165, 1.54) is 10.9 Å². The lowest BCUT2D eigenvalue weighted by Crippen LogP contribution is -2.31.